The van der Waals surface area contributed by atoms with Gasteiger partial charge in [0.1, 0.15) is 0 Å². The minimum Gasteiger partial charge on any atom is -0.381 e. The molecule has 1 saturated heterocycles. The van der Waals surface area contributed by atoms with E-state index >= 15 is 0 Å². The normalized spacial score (nSPS) is 20.9. The molecule has 3 N–H and O–H groups in total. The van der Waals surface area contributed by atoms with E-state index in [0.717, 1.165) is 25.2 Å². The number of sulfonamides is 1. The average molecular weight is 283 g/mol. The Hall–Kier alpha value is -1.11. The van der Waals surface area contributed by atoms with Crippen LogP contribution in [0.15, 0.2) is 29.2 Å². The van der Waals surface area contributed by atoms with Crippen LogP contribution < -0.4 is 10.5 Å². The lowest BCUT2D eigenvalue weighted by Gasteiger charge is -2.20. The van der Waals surface area contributed by atoms with Crippen molar-refractivity contribution in [1.82, 2.24) is 4.90 Å². The van der Waals surface area contributed by atoms with E-state index in [1.165, 1.54) is 12.1 Å². The second-order valence-corrected chi connectivity index (χ2v) is 6.85. The van der Waals surface area contributed by atoms with E-state index in [2.05, 4.69) is 24.1 Å². The molecular weight excluding hydrogens is 262 g/mol. The first-order chi connectivity index (χ1) is 8.86. The lowest BCUT2D eigenvalue weighted by atomic mass is 10.2. The molecule has 6 heteroatoms. The molecule has 5 nitrogen and oxygen atoms in total. The van der Waals surface area contributed by atoms with Crippen LogP contribution in [0.2, 0.25) is 0 Å². The minimum atomic E-state index is -3.60. The smallest absolute Gasteiger partial charge is 0.238 e. The van der Waals surface area contributed by atoms with Crippen molar-refractivity contribution in [2.75, 3.05) is 18.4 Å². The first kappa shape index (κ1) is 14.3. The van der Waals surface area contributed by atoms with Crippen LogP contribution in [0.1, 0.15) is 20.3 Å². The molecule has 0 bridgehead atoms. The van der Waals surface area contributed by atoms with Gasteiger partial charge in [-0.2, -0.15) is 0 Å². The Labute approximate surface area is 114 Å². The van der Waals surface area contributed by atoms with Crippen molar-refractivity contribution in [3.05, 3.63) is 24.3 Å². The number of nitrogens with one attached hydrogen (secondary N) is 1. The predicted octanol–water partition coefficient (Wildman–Crippen LogP) is 1.23. The van der Waals surface area contributed by atoms with Crippen LogP contribution in [0.4, 0.5) is 5.69 Å². The molecule has 1 aliphatic heterocycles. The fraction of sp³-hybridized carbons (Fsp3) is 0.538. The molecule has 0 aromatic heterocycles. The van der Waals surface area contributed by atoms with E-state index < -0.39 is 10.0 Å². The second-order valence-electron chi connectivity index (χ2n) is 5.29. The van der Waals surface area contributed by atoms with Gasteiger partial charge in [0.25, 0.3) is 0 Å². The van der Waals surface area contributed by atoms with Crippen molar-refractivity contribution in [3.63, 3.8) is 0 Å². The maximum atomic E-state index is 11.2. The fourth-order valence-electron chi connectivity index (χ4n) is 2.35. The van der Waals surface area contributed by atoms with Crippen molar-refractivity contribution in [2.45, 2.75) is 37.2 Å². The highest BCUT2D eigenvalue weighted by Gasteiger charge is 2.23. The van der Waals surface area contributed by atoms with Crippen molar-refractivity contribution in [1.29, 1.82) is 0 Å². The molecule has 0 aliphatic carbocycles. The van der Waals surface area contributed by atoms with Crippen LogP contribution in [0.5, 0.6) is 0 Å². The summed E-state index contributed by atoms with van der Waals surface area (Å²) in [7, 11) is -3.60. The van der Waals surface area contributed by atoms with Crippen molar-refractivity contribution in [3.8, 4) is 0 Å². The number of rotatable bonds is 4. The van der Waals surface area contributed by atoms with Crippen molar-refractivity contribution in [2.24, 2.45) is 5.14 Å². The number of hydrogen-bond donors (Lipinski definition) is 2. The lowest BCUT2D eigenvalue weighted by Crippen LogP contribution is -2.31. The van der Waals surface area contributed by atoms with E-state index in [4.69, 9.17) is 5.14 Å². The maximum Gasteiger partial charge on any atom is 0.238 e. The third-order valence-electron chi connectivity index (χ3n) is 3.50. The van der Waals surface area contributed by atoms with Crippen LogP contribution in [0.3, 0.4) is 0 Å². The molecule has 0 amide bonds. The van der Waals surface area contributed by atoms with Crippen LogP contribution in [-0.2, 0) is 10.0 Å². The van der Waals surface area contributed by atoms with Gasteiger partial charge in [0, 0.05) is 30.9 Å². The monoisotopic (exact) mass is 283 g/mol. The van der Waals surface area contributed by atoms with Gasteiger partial charge in [0.2, 0.25) is 10.0 Å². The summed E-state index contributed by atoms with van der Waals surface area (Å²) in [4.78, 5) is 2.57. The maximum absolute atomic E-state index is 11.2. The van der Waals surface area contributed by atoms with Crippen molar-refractivity contribution < 1.29 is 8.42 Å². The lowest BCUT2D eigenvalue weighted by molar-refractivity contribution is 0.274. The summed E-state index contributed by atoms with van der Waals surface area (Å²) in [5.41, 5.74) is 0.933. The van der Waals surface area contributed by atoms with Gasteiger partial charge in [-0.15, -0.1) is 0 Å². The zero-order valence-corrected chi connectivity index (χ0v) is 12.2. The van der Waals surface area contributed by atoms with Crippen LogP contribution in [-0.4, -0.2) is 38.5 Å². The Balaban J connectivity index is 1.98. The predicted molar refractivity (Wildman–Crippen MR) is 76.6 cm³/mol. The summed E-state index contributed by atoms with van der Waals surface area (Å²) >= 11 is 0. The van der Waals surface area contributed by atoms with Gasteiger partial charge < -0.3 is 5.32 Å². The summed E-state index contributed by atoms with van der Waals surface area (Å²) in [5, 5.41) is 8.49. The standard InChI is InChI=1S/C13H21N3O2S/c1-10(2)16-8-7-12(9-16)15-11-3-5-13(6-4-11)19(14,17)18/h3-6,10,12,15H,7-9H2,1-2H3,(H2,14,17,18). The molecule has 2 rings (SSSR count). The molecule has 19 heavy (non-hydrogen) atoms. The van der Waals surface area contributed by atoms with Gasteiger partial charge in [-0.25, -0.2) is 13.6 Å². The number of hydrogen-bond acceptors (Lipinski definition) is 4. The van der Waals surface area contributed by atoms with E-state index in [0.29, 0.717) is 12.1 Å². The zero-order valence-electron chi connectivity index (χ0n) is 11.3. The van der Waals surface area contributed by atoms with Crippen LogP contribution >= 0.6 is 0 Å². The van der Waals surface area contributed by atoms with Crippen LogP contribution in [0, 0.1) is 0 Å². The first-order valence-corrected chi connectivity index (χ1v) is 8.04. The number of anilines is 1. The highest BCUT2D eigenvalue weighted by molar-refractivity contribution is 7.89. The second kappa shape index (κ2) is 5.48. The molecular formula is C13H21N3O2S. The highest BCUT2D eigenvalue weighted by Crippen LogP contribution is 2.19. The van der Waals surface area contributed by atoms with Gasteiger partial charge in [-0.1, -0.05) is 0 Å². The van der Waals surface area contributed by atoms with Gasteiger partial charge in [0.05, 0.1) is 4.90 Å². The molecule has 0 spiro atoms. The van der Waals surface area contributed by atoms with Gasteiger partial charge >= 0.3 is 0 Å². The number of benzene rings is 1. The van der Waals surface area contributed by atoms with E-state index in [-0.39, 0.29) is 4.90 Å². The zero-order chi connectivity index (χ0) is 14.0. The summed E-state index contributed by atoms with van der Waals surface area (Å²) in [6.45, 7) is 6.52. The SMILES string of the molecule is CC(C)N1CCC(Nc2ccc(S(N)(=O)=O)cc2)C1. The molecule has 106 valence electrons. The van der Waals surface area contributed by atoms with E-state index in [1.54, 1.807) is 12.1 Å². The summed E-state index contributed by atoms with van der Waals surface area (Å²) in [5.74, 6) is 0. The summed E-state index contributed by atoms with van der Waals surface area (Å²) in [6, 6.07) is 7.58. The Morgan fingerprint density at radius 1 is 1.32 bits per heavy atom. The Bertz CT molecular complexity index is 525. The Morgan fingerprint density at radius 2 is 1.95 bits per heavy atom. The molecule has 1 unspecified atom stereocenters. The van der Waals surface area contributed by atoms with E-state index in [1.807, 2.05) is 0 Å². The third kappa shape index (κ3) is 3.68. The Kier molecular flexibility index (Phi) is 4.13. The summed E-state index contributed by atoms with van der Waals surface area (Å²) < 4.78 is 22.3. The number of likely N-dealkylation sites (tertiary alicyclic amines) is 1. The average Bonchev–Trinajstić information content (AvgIpc) is 2.77. The quantitative estimate of drug-likeness (QED) is 0.871. The molecule has 1 aromatic carbocycles. The molecule has 1 heterocycles. The van der Waals surface area contributed by atoms with Crippen molar-refractivity contribution >= 4 is 15.7 Å². The molecule has 1 aromatic rings. The number of primary sulfonamides is 1. The largest absolute Gasteiger partial charge is 0.381 e. The van der Waals surface area contributed by atoms with Gasteiger partial charge in [-0.05, 0) is 44.5 Å². The van der Waals surface area contributed by atoms with Gasteiger partial charge in [-0.3, -0.25) is 4.90 Å². The highest BCUT2D eigenvalue weighted by atomic mass is 32.2. The van der Waals surface area contributed by atoms with E-state index in [9.17, 15) is 8.42 Å². The first-order valence-electron chi connectivity index (χ1n) is 6.50. The van der Waals surface area contributed by atoms with Gasteiger partial charge in [0.15, 0.2) is 0 Å². The topological polar surface area (TPSA) is 75.4 Å². The fourth-order valence-corrected chi connectivity index (χ4v) is 2.87. The molecule has 1 aliphatic rings. The molecule has 0 radical (unpaired) electrons. The molecule has 1 fully saturated rings. The summed E-state index contributed by atoms with van der Waals surface area (Å²) in [6.07, 6.45) is 1.11. The molecule has 1 atom stereocenters. The number of nitrogens with zero attached hydrogens (tertiary/aromatic N) is 1. The minimum absolute atomic E-state index is 0.147. The number of nitrogens with two attached hydrogens (primary N) is 1. The third-order valence-corrected chi connectivity index (χ3v) is 4.43. The molecule has 0 saturated carbocycles. The van der Waals surface area contributed by atoms with Crippen LogP contribution in [0.25, 0.3) is 0 Å². The Morgan fingerprint density at radius 3 is 2.42 bits per heavy atom.